The second-order valence-corrected chi connectivity index (χ2v) is 8.86. The van der Waals surface area contributed by atoms with Crippen molar-refractivity contribution in [1.82, 2.24) is 9.80 Å². The topological polar surface area (TPSA) is 49.9 Å². The highest BCUT2D eigenvalue weighted by molar-refractivity contribution is 9.10. The maximum atomic E-state index is 13.1. The molecule has 0 N–H and O–H groups in total. The molecule has 1 fully saturated rings. The van der Waals surface area contributed by atoms with Gasteiger partial charge in [0.05, 0.1) is 6.04 Å². The van der Waals surface area contributed by atoms with Gasteiger partial charge in [0.2, 0.25) is 5.91 Å². The number of halogens is 1. The molecule has 0 radical (unpaired) electrons. The van der Waals surface area contributed by atoms with Crippen molar-refractivity contribution < 1.29 is 14.3 Å². The number of hydrogen-bond acceptors (Lipinski definition) is 3. The number of ether oxygens (including phenoxy) is 1. The van der Waals surface area contributed by atoms with Crippen molar-refractivity contribution >= 4 is 27.9 Å². The van der Waals surface area contributed by atoms with Crippen molar-refractivity contribution in [3.8, 4) is 0 Å². The Morgan fingerprint density at radius 2 is 1.87 bits per heavy atom. The summed E-state index contributed by atoms with van der Waals surface area (Å²) in [5.41, 5.74) is 1.43. The first-order valence-electron chi connectivity index (χ1n) is 10.3. The van der Waals surface area contributed by atoms with E-state index in [2.05, 4.69) is 15.9 Å². The van der Waals surface area contributed by atoms with Crippen molar-refractivity contribution in [2.24, 2.45) is 0 Å². The summed E-state index contributed by atoms with van der Waals surface area (Å²) in [5.74, 6) is 0.0406. The van der Waals surface area contributed by atoms with Gasteiger partial charge in [0, 0.05) is 38.0 Å². The molecule has 1 saturated heterocycles. The lowest BCUT2D eigenvalue weighted by molar-refractivity contribution is -0.128. The minimum atomic E-state index is -0.661. The Morgan fingerprint density at radius 3 is 2.47 bits per heavy atom. The van der Waals surface area contributed by atoms with Crippen LogP contribution in [0.5, 0.6) is 0 Å². The standard InChI is InChI=1S/C24H29BrN2O3/c1-18(20-10-12-22(25)13-11-20)27-17-15-24(30-23(27)29,21-8-5-4-6-9-21)14-7-16-26(3)19(2)28/h4-6,8-13,18H,7,14-17H2,1-3H3/t18-,24?/m0/s1. The molecule has 5 nitrogen and oxygen atoms in total. The van der Waals surface area contributed by atoms with Crippen LogP contribution in [0.1, 0.15) is 50.3 Å². The summed E-state index contributed by atoms with van der Waals surface area (Å²) in [6, 6.07) is 17.9. The van der Waals surface area contributed by atoms with Crippen molar-refractivity contribution in [1.29, 1.82) is 0 Å². The van der Waals surface area contributed by atoms with E-state index in [1.165, 1.54) is 0 Å². The molecule has 30 heavy (non-hydrogen) atoms. The van der Waals surface area contributed by atoms with Crippen LogP contribution in [0.15, 0.2) is 59.1 Å². The molecule has 3 rings (SSSR count). The summed E-state index contributed by atoms with van der Waals surface area (Å²) in [7, 11) is 1.80. The fraction of sp³-hybridized carbons (Fsp3) is 0.417. The number of carbonyl (C=O) groups is 2. The van der Waals surface area contributed by atoms with E-state index >= 15 is 0 Å². The SMILES string of the molecule is CC(=O)N(C)CCCC1(c2ccccc2)CCN([C@@H](C)c2ccc(Br)cc2)C(=O)O1. The highest BCUT2D eigenvalue weighted by atomic mass is 79.9. The number of nitrogens with zero attached hydrogens (tertiary/aromatic N) is 2. The average Bonchev–Trinajstić information content (AvgIpc) is 2.74. The van der Waals surface area contributed by atoms with Crippen LogP contribution in [0.3, 0.4) is 0 Å². The zero-order valence-electron chi connectivity index (χ0n) is 17.8. The third-order valence-corrected chi connectivity index (χ3v) is 6.53. The number of carbonyl (C=O) groups excluding carboxylic acids is 2. The maximum absolute atomic E-state index is 13.1. The first-order valence-corrected chi connectivity index (χ1v) is 11.1. The molecule has 2 atom stereocenters. The fourth-order valence-corrected chi connectivity index (χ4v) is 4.23. The molecule has 6 heteroatoms. The molecule has 2 amide bonds. The largest absolute Gasteiger partial charge is 0.438 e. The van der Waals surface area contributed by atoms with E-state index in [0.29, 0.717) is 25.9 Å². The molecule has 1 aliphatic rings. The minimum Gasteiger partial charge on any atom is -0.438 e. The normalized spacial score (nSPS) is 19.9. The van der Waals surface area contributed by atoms with Gasteiger partial charge in [-0.1, -0.05) is 58.4 Å². The monoisotopic (exact) mass is 472 g/mol. The van der Waals surface area contributed by atoms with Crippen LogP contribution in [-0.4, -0.2) is 41.9 Å². The number of amides is 2. The Hall–Kier alpha value is -2.34. The van der Waals surface area contributed by atoms with Crippen LogP contribution in [0.2, 0.25) is 0 Å². The van der Waals surface area contributed by atoms with Gasteiger partial charge in [0.1, 0.15) is 5.60 Å². The molecule has 2 aromatic carbocycles. The van der Waals surface area contributed by atoms with Gasteiger partial charge in [0.15, 0.2) is 0 Å². The second-order valence-electron chi connectivity index (χ2n) is 7.94. The lowest BCUT2D eigenvalue weighted by Gasteiger charge is -2.44. The van der Waals surface area contributed by atoms with Gasteiger partial charge in [-0.2, -0.15) is 0 Å². The lowest BCUT2D eigenvalue weighted by atomic mass is 9.84. The molecule has 160 valence electrons. The lowest BCUT2D eigenvalue weighted by Crippen LogP contribution is -2.49. The zero-order chi connectivity index (χ0) is 21.7. The third kappa shape index (κ3) is 5.04. The van der Waals surface area contributed by atoms with E-state index in [4.69, 9.17) is 4.74 Å². The van der Waals surface area contributed by atoms with Gasteiger partial charge in [0.25, 0.3) is 0 Å². The first kappa shape index (κ1) is 22.3. The number of cyclic esters (lactones) is 1. The molecule has 1 heterocycles. The summed E-state index contributed by atoms with van der Waals surface area (Å²) in [4.78, 5) is 28.1. The molecule has 0 spiro atoms. The van der Waals surface area contributed by atoms with Crippen LogP contribution in [-0.2, 0) is 15.1 Å². The Morgan fingerprint density at radius 1 is 1.20 bits per heavy atom. The van der Waals surface area contributed by atoms with E-state index in [9.17, 15) is 9.59 Å². The quantitative estimate of drug-likeness (QED) is 0.533. The molecule has 0 aliphatic carbocycles. The Labute approximate surface area is 187 Å². The molecular formula is C24H29BrN2O3. The summed E-state index contributed by atoms with van der Waals surface area (Å²) >= 11 is 3.46. The van der Waals surface area contributed by atoms with Crippen LogP contribution < -0.4 is 0 Å². The van der Waals surface area contributed by atoms with Crippen LogP contribution in [0, 0.1) is 0 Å². The highest BCUT2D eigenvalue weighted by Crippen LogP contribution is 2.40. The summed E-state index contributed by atoms with van der Waals surface area (Å²) < 4.78 is 7.17. The van der Waals surface area contributed by atoms with Gasteiger partial charge in [-0.3, -0.25) is 4.79 Å². The van der Waals surface area contributed by atoms with Gasteiger partial charge >= 0.3 is 6.09 Å². The Balaban J connectivity index is 1.76. The van der Waals surface area contributed by atoms with Crippen LogP contribution in [0.4, 0.5) is 4.79 Å². The number of rotatable bonds is 7. The number of hydrogen-bond donors (Lipinski definition) is 0. The van der Waals surface area contributed by atoms with E-state index in [1.807, 2.05) is 61.5 Å². The van der Waals surface area contributed by atoms with Crippen molar-refractivity contribution in [2.45, 2.75) is 44.8 Å². The van der Waals surface area contributed by atoms with Crippen molar-refractivity contribution in [3.05, 3.63) is 70.2 Å². The van der Waals surface area contributed by atoms with Crippen LogP contribution >= 0.6 is 15.9 Å². The predicted molar refractivity (Wildman–Crippen MR) is 121 cm³/mol. The minimum absolute atomic E-state index is 0.0406. The Kier molecular flexibility index (Phi) is 7.19. The van der Waals surface area contributed by atoms with Gasteiger partial charge in [-0.15, -0.1) is 0 Å². The molecule has 0 saturated carbocycles. The molecule has 2 aromatic rings. The van der Waals surface area contributed by atoms with E-state index in [0.717, 1.165) is 22.0 Å². The highest BCUT2D eigenvalue weighted by Gasteiger charge is 2.43. The van der Waals surface area contributed by atoms with Crippen molar-refractivity contribution in [2.75, 3.05) is 20.1 Å². The smallest absolute Gasteiger partial charge is 0.411 e. The zero-order valence-corrected chi connectivity index (χ0v) is 19.4. The van der Waals surface area contributed by atoms with E-state index < -0.39 is 5.60 Å². The predicted octanol–water partition coefficient (Wildman–Crippen LogP) is 5.51. The number of benzene rings is 2. The molecule has 0 aromatic heterocycles. The van der Waals surface area contributed by atoms with E-state index in [1.54, 1.807) is 23.8 Å². The van der Waals surface area contributed by atoms with Gasteiger partial charge in [-0.25, -0.2) is 4.79 Å². The van der Waals surface area contributed by atoms with Gasteiger partial charge < -0.3 is 14.5 Å². The first-order chi connectivity index (χ1) is 14.3. The summed E-state index contributed by atoms with van der Waals surface area (Å²) in [6.45, 7) is 4.85. The molecule has 0 bridgehead atoms. The maximum Gasteiger partial charge on any atom is 0.411 e. The summed E-state index contributed by atoms with van der Waals surface area (Å²) in [5, 5.41) is 0. The molecule has 1 aliphatic heterocycles. The fourth-order valence-electron chi connectivity index (χ4n) is 3.97. The van der Waals surface area contributed by atoms with Gasteiger partial charge in [-0.05, 0) is 43.0 Å². The summed E-state index contributed by atoms with van der Waals surface area (Å²) in [6.07, 6.45) is 1.87. The average molecular weight is 473 g/mol. The second kappa shape index (κ2) is 9.65. The van der Waals surface area contributed by atoms with Crippen LogP contribution in [0.25, 0.3) is 0 Å². The molecular weight excluding hydrogens is 444 g/mol. The van der Waals surface area contributed by atoms with Crippen molar-refractivity contribution in [3.63, 3.8) is 0 Å². The van der Waals surface area contributed by atoms with E-state index in [-0.39, 0.29) is 18.0 Å². The third-order valence-electron chi connectivity index (χ3n) is 6.01. The Bertz CT molecular complexity index is 872. The molecule has 1 unspecified atom stereocenters.